The van der Waals surface area contributed by atoms with E-state index in [1.807, 2.05) is 22.6 Å². The molecule has 8 heteroatoms. The molecule has 22 heavy (non-hydrogen) atoms. The zero-order chi connectivity index (χ0) is 16.4. The fraction of sp³-hybridized carbons (Fsp3) is 0.0714. The van der Waals surface area contributed by atoms with Crippen molar-refractivity contribution >= 4 is 73.7 Å². The second-order valence-electron chi connectivity index (χ2n) is 4.35. The number of carbonyl (C=O) groups is 2. The van der Waals surface area contributed by atoms with E-state index in [9.17, 15) is 14.7 Å². The van der Waals surface area contributed by atoms with Crippen LogP contribution in [-0.4, -0.2) is 33.5 Å². The van der Waals surface area contributed by atoms with Gasteiger partial charge >= 0.3 is 0 Å². The Bertz CT molecular complexity index is 710. The van der Waals surface area contributed by atoms with Gasteiger partial charge in [0.25, 0.3) is 11.8 Å². The van der Waals surface area contributed by atoms with Crippen molar-refractivity contribution in [1.82, 2.24) is 10.2 Å². The quantitative estimate of drug-likeness (QED) is 0.224. The van der Waals surface area contributed by atoms with Gasteiger partial charge in [-0.15, -0.1) is 6.58 Å². The molecule has 0 bridgehead atoms. The van der Waals surface area contributed by atoms with Gasteiger partial charge in [0.05, 0.1) is 8.04 Å². The van der Waals surface area contributed by atoms with E-state index in [1.165, 1.54) is 17.1 Å². The van der Waals surface area contributed by atoms with Gasteiger partial charge in [0.2, 0.25) is 0 Å². The van der Waals surface area contributed by atoms with Crippen molar-refractivity contribution in [2.45, 2.75) is 0 Å². The number of aromatic hydroxyl groups is 1. The van der Waals surface area contributed by atoms with Crippen LogP contribution in [0.25, 0.3) is 6.08 Å². The van der Waals surface area contributed by atoms with Gasteiger partial charge in [-0.1, -0.05) is 6.08 Å². The molecule has 1 heterocycles. The summed E-state index contributed by atoms with van der Waals surface area (Å²) in [4.78, 5) is 25.6. The fourth-order valence-electron chi connectivity index (χ4n) is 1.82. The molecule has 1 saturated heterocycles. The largest absolute Gasteiger partial charge is 0.506 e. The number of halogens is 2. The summed E-state index contributed by atoms with van der Waals surface area (Å²) < 4.78 is 1.08. The van der Waals surface area contributed by atoms with Crippen LogP contribution >= 0.6 is 50.7 Å². The molecule has 0 atom stereocenters. The third-order valence-electron chi connectivity index (χ3n) is 2.85. The normalized spacial score (nSPS) is 16.9. The number of nitrogens with zero attached hydrogens (tertiary/aromatic N) is 1. The number of thiocarbonyl (C=S) groups is 1. The summed E-state index contributed by atoms with van der Waals surface area (Å²) in [5, 5.41) is 12.3. The first-order valence-corrected chi connectivity index (χ1v) is 8.31. The third kappa shape index (κ3) is 3.39. The molecule has 1 aliphatic heterocycles. The first-order chi connectivity index (χ1) is 10.3. The van der Waals surface area contributed by atoms with Gasteiger partial charge in [-0.2, -0.15) is 0 Å². The molecule has 0 unspecified atom stereocenters. The second-order valence-corrected chi connectivity index (χ2v) is 6.76. The highest BCUT2D eigenvalue weighted by atomic mass is 127. The van der Waals surface area contributed by atoms with Crippen LogP contribution in [0, 0.1) is 3.57 Å². The number of hydrogen-bond donors (Lipinski definition) is 2. The highest BCUT2D eigenvalue weighted by Gasteiger charge is 2.32. The minimum atomic E-state index is -0.547. The van der Waals surface area contributed by atoms with E-state index in [1.54, 1.807) is 12.1 Å². The van der Waals surface area contributed by atoms with Crippen LogP contribution in [-0.2, 0) is 9.59 Å². The van der Waals surface area contributed by atoms with E-state index in [2.05, 4.69) is 27.8 Å². The maximum absolute atomic E-state index is 12.4. The number of benzene rings is 1. The Morgan fingerprint density at radius 2 is 2.14 bits per heavy atom. The maximum Gasteiger partial charge on any atom is 0.265 e. The molecule has 2 amide bonds. The molecule has 5 nitrogen and oxygen atoms in total. The lowest BCUT2D eigenvalue weighted by Gasteiger charge is -2.27. The molecule has 1 aromatic rings. The Morgan fingerprint density at radius 1 is 1.45 bits per heavy atom. The monoisotopic (exact) mass is 492 g/mol. The first-order valence-electron chi connectivity index (χ1n) is 6.03. The van der Waals surface area contributed by atoms with Crippen LogP contribution < -0.4 is 5.32 Å². The van der Waals surface area contributed by atoms with E-state index in [0.29, 0.717) is 13.6 Å². The lowest BCUT2D eigenvalue weighted by Crippen LogP contribution is -2.53. The fourth-order valence-corrected chi connectivity index (χ4v) is 3.57. The van der Waals surface area contributed by atoms with Crippen LogP contribution in [0.5, 0.6) is 5.75 Å². The number of carbonyl (C=O) groups excluding carboxylic acids is 2. The van der Waals surface area contributed by atoms with Crippen molar-refractivity contribution < 1.29 is 14.7 Å². The molecular weight excluding hydrogens is 483 g/mol. The maximum atomic E-state index is 12.4. The molecule has 2 N–H and O–H groups in total. The number of phenols is 1. The standard InChI is InChI=1S/C14H10BrIN2O3S/c1-2-3-18-13(21)8(12(20)17-14(18)22)4-7-5-9(15)11(19)10(16)6-7/h2,4-6,19H,1,3H2,(H,17,20,22). The first kappa shape index (κ1) is 17.1. The predicted molar refractivity (Wildman–Crippen MR) is 99.2 cm³/mol. The Morgan fingerprint density at radius 3 is 2.73 bits per heavy atom. The highest BCUT2D eigenvalue weighted by Crippen LogP contribution is 2.31. The number of amides is 2. The Kier molecular flexibility index (Phi) is 5.35. The van der Waals surface area contributed by atoms with E-state index in [4.69, 9.17) is 12.2 Å². The van der Waals surface area contributed by atoms with Crippen molar-refractivity contribution in [2.75, 3.05) is 6.54 Å². The molecular formula is C14H10BrIN2O3S. The summed E-state index contributed by atoms with van der Waals surface area (Å²) in [5.41, 5.74) is 0.586. The Balaban J connectivity index is 2.45. The second kappa shape index (κ2) is 6.88. The minimum absolute atomic E-state index is 0.0242. The molecule has 1 aromatic carbocycles. The lowest BCUT2D eigenvalue weighted by molar-refractivity contribution is -0.128. The predicted octanol–water partition coefficient (Wildman–Crippen LogP) is 2.57. The van der Waals surface area contributed by atoms with Gasteiger partial charge in [0.15, 0.2) is 5.11 Å². The van der Waals surface area contributed by atoms with E-state index >= 15 is 0 Å². The van der Waals surface area contributed by atoms with Crippen molar-refractivity contribution in [3.05, 3.63) is 44.0 Å². The van der Waals surface area contributed by atoms with Gasteiger partial charge in [-0.25, -0.2) is 0 Å². The minimum Gasteiger partial charge on any atom is -0.506 e. The number of phenolic OH excluding ortho intramolecular Hbond substituents is 1. The molecule has 0 saturated carbocycles. The molecule has 0 radical (unpaired) electrons. The van der Waals surface area contributed by atoms with Crippen molar-refractivity contribution in [3.63, 3.8) is 0 Å². The zero-order valence-electron chi connectivity index (χ0n) is 11.1. The van der Waals surface area contributed by atoms with Crippen molar-refractivity contribution in [1.29, 1.82) is 0 Å². The summed E-state index contributed by atoms with van der Waals surface area (Å²) >= 11 is 10.2. The SMILES string of the molecule is C=CCN1C(=O)C(=Cc2cc(Br)c(O)c(I)c2)C(=O)NC1=S. The van der Waals surface area contributed by atoms with Crippen molar-refractivity contribution in [3.8, 4) is 5.75 Å². The van der Waals surface area contributed by atoms with Gasteiger partial charge in [-0.05, 0) is 74.5 Å². The van der Waals surface area contributed by atoms with Crippen LogP contribution in [0.3, 0.4) is 0 Å². The smallest absolute Gasteiger partial charge is 0.265 e. The molecule has 0 aromatic heterocycles. The van der Waals surface area contributed by atoms with Crippen LogP contribution in [0.1, 0.15) is 5.56 Å². The van der Waals surface area contributed by atoms with Crippen LogP contribution in [0.4, 0.5) is 0 Å². The number of nitrogens with one attached hydrogen (secondary N) is 1. The van der Waals surface area contributed by atoms with Crippen molar-refractivity contribution in [2.24, 2.45) is 0 Å². The van der Waals surface area contributed by atoms with Gasteiger partial charge in [0, 0.05) is 6.54 Å². The molecule has 2 rings (SSSR count). The summed E-state index contributed by atoms with van der Waals surface area (Å²) in [6.07, 6.45) is 2.99. The Hall–Kier alpha value is -1.26. The van der Waals surface area contributed by atoms with E-state index < -0.39 is 11.8 Å². The number of hydrogen-bond acceptors (Lipinski definition) is 4. The lowest BCUT2D eigenvalue weighted by atomic mass is 10.1. The van der Waals surface area contributed by atoms with Gasteiger partial charge < -0.3 is 5.11 Å². The highest BCUT2D eigenvalue weighted by molar-refractivity contribution is 14.1. The van der Waals surface area contributed by atoms with Crippen LogP contribution in [0.2, 0.25) is 0 Å². The number of rotatable bonds is 3. The molecule has 0 spiro atoms. The Labute approximate surface area is 154 Å². The summed E-state index contributed by atoms with van der Waals surface area (Å²) in [7, 11) is 0. The van der Waals surface area contributed by atoms with E-state index in [0.717, 1.165) is 0 Å². The topological polar surface area (TPSA) is 69.6 Å². The average Bonchev–Trinajstić information content (AvgIpc) is 2.45. The summed E-state index contributed by atoms with van der Waals surface area (Å²) in [6, 6.07) is 3.29. The molecule has 0 aliphatic carbocycles. The third-order valence-corrected chi connectivity index (χ3v) is 4.60. The van der Waals surface area contributed by atoms with E-state index in [-0.39, 0.29) is 23.0 Å². The molecule has 114 valence electrons. The van der Waals surface area contributed by atoms with Gasteiger partial charge in [0.1, 0.15) is 11.3 Å². The van der Waals surface area contributed by atoms with Crippen LogP contribution in [0.15, 0.2) is 34.8 Å². The summed E-state index contributed by atoms with van der Waals surface area (Å²) in [5.74, 6) is -0.918. The van der Waals surface area contributed by atoms with Gasteiger partial charge in [-0.3, -0.25) is 19.8 Å². The molecule has 1 fully saturated rings. The summed E-state index contributed by atoms with van der Waals surface area (Å²) in [6.45, 7) is 3.78. The average molecular weight is 493 g/mol. The molecule has 1 aliphatic rings. The zero-order valence-corrected chi connectivity index (χ0v) is 15.7.